The molecule has 1 atom stereocenters. The summed E-state index contributed by atoms with van der Waals surface area (Å²) in [5.74, 6) is -0.520. The first kappa shape index (κ1) is 15.5. The molecule has 0 bridgehead atoms. The van der Waals surface area contributed by atoms with E-state index in [4.69, 9.17) is 10.8 Å². The molecule has 0 unspecified atom stereocenters. The van der Waals surface area contributed by atoms with Crippen LogP contribution in [0.25, 0.3) is 0 Å². The van der Waals surface area contributed by atoms with Gasteiger partial charge in [-0.2, -0.15) is 0 Å². The number of carbonyl (C=O) groups is 1. The van der Waals surface area contributed by atoms with E-state index in [0.717, 1.165) is 28.7 Å². The summed E-state index contributed by atoms with van der Waals surface area (Å²) in [6.07, 6.45) is 1.05. The van der Waals surface area contributed by atoms with Crippen molar-refractivity contribution in [3.63, 3.8) is 0 Å². The molecule has 19 heavy (non-hydrogen) atoms. The molecule has 4 heteroatoms. The van der Waals surface area contributed by atoms with E-state index in [0.29, 0.717) is 6.42 Å². The number of rotatable bonds is 5. The molecule has 0 spiro atoms. The highest BCUT2D eigenvalue weighted by atomic mass is 16.4. The maximum atomic E-state index is 10.9. The van der Waals surface area contributed by atoms with Gasteiger partial charge in [-0.3, -0.25) is 4.79 Å². The quantitative estimate of drug-likeness (QED) is 0.763. The number of phenolic OH excluding ortho intramolecular Hbond substituents is 1. The van der Waals surface area contributed by atoms with Gasteiger partial charge in [0.15, 0.2) is 0 Å². The van der Waals surface area contributed by atoms with Crippen LogP contribution < -0.4 is 5.73 Å². The standard InChI is InChI=1S/C15H23NO3/c1-5-10-11(7-12(16)15(18)19)9(4)6-13(17)14(10)8(2)3/h6,8,12,17H,5,7,16H2,1-4H3,(H,18,19)/t12-/m0/s1. The summed E-state index contributed by atoms with van der Waals surface area (Å²) < 4.78 is 0. The molecule has 0 aliphatic rings. The van der Waals surface area contributed by atoms with Crippen LogP contribution in [-0.2, 0) is 17.6 Å². The Balaban J connectivity index is 3.37. The third-order valence-corrected chi connectivity index (χ3v) is 3.47. The lowest BCUT2D eigenvalue weighted by Crippen LogP contribution is -2.33. The monoisotopic (exact) mass is 265 g/mol. The second-order valence-electron chi connectivity index (χ2n) is 5.24. The Bertz CT molecular complexity index is 481. The summed E-state index contributed by atoms with van der Waals surface area (Å²) in [5.41, 5.74) is 9.43. The smallest absolute Gasteiger partial charge is 0.320 e. The van der Waals surface area contributed by atoms with Gasteiger partial charge in [-0.15, -0.1) is 0 Å². The van der Waals surface area contributed by atoms with E-state index < -0.39 is 12.0 Å². The Labute approximate surface area is 114 Å². The Morgan fingerprint density at radius 3 is 2.37 bits per heavy atom. The van der Waals surface area contributed by atoms with Crippen LogP contribution in [0, 0.1) is 6.92 Å². The molecule has 0 heterocycles. The van der Waals surface area contributed by atoms with Gasteiger partial charge in [0.2, 0.25) is 0 Å². The average molecular weight is 265 g/mol. The lowest BCUT2D eigenvalue weighted by Gasteiger charge is -2.21. The normalized spacial score (nSPS) is 12.7. The first-order valence-corrected chi connectivity index (χ1v) is 6.62. The summed E-state index contributed by atoms with van der Waals surface area (Å²) in [4.78, 5) is 10.9. The minimum absolute atomic E-state index is 0.190. The molecule has 4 N–H and O–H groups in total. The lowest BCUT2D eigenvalue weighted by atomic mass is 9.86. The van der Waals surface area contributed by atoms with Crippen LogP contribution in [0.5, 0.6) is 5.75 Å². The fourth-order valence-corrected chi connectivity index (χ4v) is 2.56. The summed E-state index contributed by atoms with van der Waals surface area (Å²) in [7, 11) is 0. The summed E-state index contributed by atoms with van der Waals surface area (Å²) >= 11 is 0. The topological polar surface area (TPSA) is 83.6 Å². The third-order valence-electron chi connectivity index (χ3n) is 3.47. The van der Waals surface area contributed by atoms with Gasteiger partial charge in [0.05, 0.1) is 0 Å². The SMILES string of the molecule is CCc1c(C[C@H](N)C(=O)O)c(C)cc(O)c1C(C)C. The Morgan fingerprint density at radius 2 is 1.95 bits per heavy atom. The molecule has 0 saturated carbocycles. The predicted octanol–water partition coefficient (Wildman–Crippen LogP) is 2.34. The lowest BCUT2D eigenvalue weighted by molar-refractivity contribution is -0.138. The van der Waals surface area contributed by atoms with E-state index in [2.05, 4.69) is 0 Å². The summed E-state index contributed by atoms with van der Waals surface area (Å²) in [6, 6.07) is 0.798. The highest BCUT2D eigenvalue weighted by Crippen LogP contribution is 2.34. The molecule has 1 rings (SSSR count). The van der Waals surface area contributed by atoms with Gasteiger partial charge in [0, 0.05) is 0 Å². The van der Waals surface area contributed by atoms with Crippen molar-refractivity contribution in [3.8, 4) is 5.75 Å². The minimum atomic E-state index is -0.999. The van der Waals surface area contributed by atoms with Crippen LogP contribution in [0.15, 0.2) is 6.07 Å². The maximum absolute atomic E-state index is 10.9. The predicted molar refractivity (Wildman–Crippen MR) is 75.6 cm³/mol. The van der Waals surface area contributed by atoms with Crippen LogP contribution in [-0.4, -0.2) is 22.2 Å². The van der Waals surface area contributed by atoms with Crippen molar-refractivity contribution < 1.29 is 15.0 Å². The van der Waals surface area contributed by atoms with Gasteiger partial charge in [-0.25, -0.2) is 0 Å². The van der Waals surface area contributed by atoms with Crippen molar-refractivity contribution in [1.29, 1.82) is 0 Å². The average Bonchev–Trinajstić information content (AvgIpc) is 2.30. The number of aliphatic carboxylic acids is 1. The first-order valence-electron chi connectivity index (χ1n) is 6.62. The molecule has 4 nitrogen and oxygen atoms in total. The van der Waals surface area contributed by atoms with Crippen LogP contribution in [0.3, 0.4) is 0 Å². The highest BCUT2D eigenvalue weighted by Gasteiger charge is 2.21. The molecule has 0 aromatic heterocycles. The molecule has 1 aromatic rings. The van der Waals surface area contributed by atoms with Crippen molar-refractivity contribution in [3.05, 3.63) is 28.3 Å². The largest absolute Gasteiger partial charge is 0.508 e. The van der Waals surface area contributed by atoms with Crippen LogP contribution in [0.1, 0.15) is 48.9 Å². The van der Waals surface area contributed by atoms with Crippen LogP contribution >= 0.6 is 0 Å². The molecule has 0 amide bonds. The minimum Gasteiger partial charge on any atom is -0.508 e. The first-order chi connectivity index (χ1) is 8.79. The molecule has 0 fully saturated rings. The van der Waals surface area contributed by atoms with Crippen LogP contribution in [0.4, 0.5) is 0 Å². The van der Waals surface area contributed by atoms with Gasteiger partial charge >= 0.3 is 5.97 Å². The van der Waals surface area contributed by atoms with Gasteiger partial charge in [-0.05, 0) is 54.0 Å². The number of aromatic hydroxyl groups is 1. The Morgan fingerprint density at radius 1 is 1.37 bits per heavy atom. The van der Waals surface area contributed by atoms with Crippen LogP contribution in [0.2, 0.25) is 0 Å². The van der Waals surface area contributed by atoms with E-state index in [1.165, 1.54) is 0 Å². The van der Waals surface area contributed by atoms with Crippen molar-refractivity contribution in [2.45, 2.75) is 52.5 Å². The van der Waals surface area contributed by atoms with Gasteiger partial charge in [0.1, 0.15) is 11.8 Å². The number of carboxylic acid groups (broad SMARTS) is 1. The zero-order valence-electron chi connectivity index (χ0n) is 12.0. The second-order valence-corrected chi connectivity index (χ2v) is 5.24. The number of hydrogen-bond acceptors (Lipinski definition) is 3. The van der Waals surface area contributed by atoms with Crippen molar-refractivity contribution in [1.82, 2.24) is 0 Å². The van der Waals surface area contributed by atoms with E-state index >= 15 is 0 Å². The molecule has 0 aliphatic heterocycles. The zero-order chi connectivity index (χ0) is 14.7. The zero-order valence-corrected chi connectivity index (χ0v) is 12.0. The summed E-state index contributed by atoms with van der Waals surface area (Å²) in [5, 5.41) is 19.1. The molecular formula is C15H23NO3. The van der Waals surface area contributed by atoms with Crippen molar-refractivity contribution >= 4 is 5.97 Å². The molecular weight excluding hydrogens is 242 g/mol. The Kier molecular flexibility index (Phi) is 4.95. The van der Waals surface area contributed by atoms with Gasteiger partial charge in [-0.1, -0.05) is 20.8 Å². The third kappa shape index (κ3) is 3.26. The number of benzene rings is 1. The molecule has 1 aromatic carbocycles. The molecule has 0 aliphatic carbocycles. The van der Waals surface area contributed by atoms with E-state index in [9.17, 15) is 9.90 Å². The Hall–Kier alpha value is -1.55. The number of nitrogens with two attached hydrogens (primary N) is 1. The fraction of sp³-hybridized carbons (Fsp3) is 0.533. The van der Waals surface area contributed by atoms with Gasteiger partial charge in [0.25, 0.3) is 0 Å². The van der Waals surface area contributed by atoms with Crippen molar-refractivity contribution in [2.24, 2.45) is 5.73 Å². The molecule has 106 valence electrons. The van der Waals surface area contributed by atoms with Crippen molar-refractivity contribution in [2.75, 3.05) is 0 Å². The van der Waals surface area contributed by atoms with E-state index in [1.54, 1.807) is 6.07 Å². The fourth-order valence-electron chi connectivity index (χ4n) is 2.56. The second kappa shape index (κ2) is 6.06. The maximum Gasteiger partial charge on any atom is 0.320 e. The number of phenols is 1. The van der Waals surface area contributed by atoms with Gasteiger partial charge < -0.3 is 15.9 Å². The van der Waals surface area contributed by atoms with E-state index in [1.807, 2.05) is 27.7 Å². The van der Waals surface area contributed by atoms with E-state index in [-0.39, 0.29) is 11.7 Å². The molecule has 0 radical (unpaired) electrons. The molecule has 0 saturated heterocycles. The summed E-state index contributed by atoms with van der Waals surface area (Å²) in [6.45, 7) is 7.93. The number of aryl methyl sites for hydroxylation is 1. The highest BCUT2D eigenvalue weighted by molar-refractivity contribution is 5.74. The number of hydrogen-bond donors (Lipinski definition) is 3. The number of carboxylic acids is 1.